The smallest absolute Gasteiger partial charge is 0.141 e. The van der Waals surface area contributed by atoms with Crippen LogP contribution in [0.15, 0.2) is 28.7 Å². The summed E-state index contributed by atoms with van der Waals surface area (Å²) in [6, 6.07) is 8.08. The van der Waals surface area contributed by atoms with Crippen LogP contribution in [-0.4, -0.2) is 9.78 Å². The van der Waals surface area contributed by atoms with Crippen LogP contribution in [0.3, 0.4) is 0 Å². The molecule has 1 aromatic heterocycles. The summed E-state index contributed by atoms with van der Waals surface area (Å²) >= 11 is 3.41. The zero-order chi connectivity index (χ0) is 11.0. The average Bonchev–Trinajstić information content (AvgIpc) is 2.46. The van der Waals surface area contributed by atoms with Crippen molar-refractivity contribution >= 4 is 21.7 Å². The predicted octanol–water partition coefficient (Wildman–Crippen LogP) is 2.83. The molecular formula is C11H12BrN3. The third kappa shape index (κ3) is 1.77. The van der Waals surface area contributed by atoms with Gasteiger partial charge in [0.2, 0.25) is 0 Å². The summed E-state index contributed by atoms with van der Waals surface area (Å²) in [5.41, 5.74) is 9.01. The Morgan fingerprint density at radius 2 is 2.07 bits per heavy atom. The fourth-order valence-corrected chi connectivity index (χ4v) is 1.73. The second-order valence-corrected chi connectivity index (χ2v) is 4.33. The van der Waals surface area contributed by atoms with Crippen molar-refractivity contribution in [1.82, 2.24) is 9.78 Å². The molecule has 0 saturated heterocycles. The normalized spacial score (nSPS) is 10.6. The summed E-state index contributed by atoms with van der Waals surface area (Å²) in [7, 11) is 0. The lowest BCUT2D eigenvalue weighted by Gasteiger charge is -2.04. The third-order valence-corrected chi connectivity index (χ3v) is 3.25. The van der Waals surface area contributed by atoms with E-state index in [1.165, 1.54) is 5.56 Å². The highest BCUT2D eigenvalue weighted by Crippen LogP contribution is 2.25. The molecule has 0 unspecified atom stereocenters. The van der Waals surface area contributed by atoms with Crippen molar-refractivity contribution in [2.75, 3.05) is 5.73 Å². The number of aromatic nitrogens is 2. The van der Waals surface area contributed by atoms with Crippen LogP contribution >= 0.6 is 15.9 Å². The van der Waals surface area contributed by atoms with Crippen molar-refractivity contribution in [2.24, 2.45) is 0 Å². The van der Waals surface area contributed by atoms with Crippen LogP contribution in [0.25, 0.3) is 5.69 Å². The lowest BCUT2D eigenvalue weighted by Crippen LogP contribution is -2.01. The fraction of sp³-hybridized carbons (Fsp3) is 0.182. The van der Waals surface area contributed by atoms with Crippen LogP contribution < -0.4 is 5.73 Å². The van der Waals surface area contributed by atoms with Gasteiger partial charge in [-0.15, -0.1) is 0 Å². The monoisotopic (exact) mass is 265 g/mol. The fourth-order valence-electron chi connectivity index (χ4n) is 1.48. The maximum atomic E-state index is 5.94. The lowest BCUT2D eigenvalue weighted by atomic mass is 10.2. The first-order chi connectivity index (χ1) is 7.09. The summed E-state index contributed by atoms with van der Waals surface area (Å²) in [6.45, 7) is 3.97. The van der Waals surface area contributed by atoms with E-state index in [1.807, 2.05) is 32.0 Å². The second kappa shape index (κ2) is 3.70. The van der Waals surface area contributed by atoms with Gasteiger partial charge in [0.1, 0.15) is 5.82 Å². The molecule has 15 heavy (non-hydrogen) atoms. The van der Waals surface area contributed by atoms with Gasteiger partial charge in [0.05, 0.1) is 15.9 Å². The largest absolute Gasteiger partial charge is 0.383 e. The van der Waals surface area contributed by atoms with E-state index in [9.17, 15) is 0 Å². The molecule has 2 rings (SSSR count). The molecule has 0 amide bonds. The molecule has 0 fully saturated rings. The highest BCUT2D eigenvalue weighted by Gasteiger charge is 2.10. The highest BCUT2D eigenvalue weighted by molar-refractivity contribution is 9.10. The van der Waals surface area contributed by atoms with Crippen molar-refractivity contribution in [3.63, 3.8) is 0 Å². The number of rotatable bonds is 1. The van der Waals surface area contributed by atoms with E-state index in [0.717, 1.165) is 15.9 Å². The van der Waals surface area contributed by atoms with Gasteiger partial charge >= 0.3 is 0 Å². The van der Waals surface area contributed by atoms with Gasteiger partial charge < -0.3 is 5.73 Å². The molecule has 0 saturated carbocycles. The van der Waals surface area contributed by atoms with Gasteiger partial charge in [-0.25, -0.2) is 4.68 Å². The Morgan fingerprint density at radius 1 is 1.33 bits per heavy atom. The minimum atomic E-state index is 0.637. The predicted molar refractivity (Wildman–Crippen MR) is 65.2 cm³/mol. The molecule has 0 bridgehead atoms. The average molecular weight is 266 g/mol. The summed E-state index contributed by atoms with van der Waals surface area (Å²) in [5.74, 6) is 0.637. The summed E-state index contributed by atoms with van der Waals surface area (Å²) in [4.78, 5) is 0. The SMILES string of the molecule is Cc1cccc(-n2nc(C)c(Br)c2N)c1. The molecule has 0 radical (unpaired) electrons. The molecular weight excluding hydrogens is 254 g/mol. The molecule has 3 nitrogen and oxygen atoms in total. The minimum absolute atomic E-state index is 0.637. The zero-order valence-corrected chi connectivity index (χ0v) is 10.2. The molecule has 78 valence electrons. The number of hydrogen-bond donors (Lipinski definition) is 1. The van der Waals surface area contributed by atoms with E-state index in [1.54, 1.807) is 4.68 Å². The summed E-state index contributed by atoms with van der Waals surface area (Å²) in [5, 5.41) is 4.37. The van der Waals surface area contributed by atoms with Gasteiger partial charge in [-0.2, -0.15) is 5.10 Å². The molecule has 0 aliphatic carbocycles. The molecule has 0 spiro atoms. The van der Waals surface area contributed by atoms with Gasteiger partial charge in [-0.05, 0) is 47.5 Å². The molecule has 1 aromatic carbocycles. The Hall–Kier alpha value is -1.29. The van der Waals surface area contributed by atoms with Gasteiger partial charge in [0.15, 0.2) is 0 Å². The molecule has 0 aliphatic rings. The first-order valence-corrected chi connectivity index (χ1v) is 5.46. The van der Waals surface area contributed by atoms with Crippen molar-refractivity contribution < 1.29 is 0 Å². The van der Waals surface area contributed by atoms with E-state index < -0.39 is 0 Å². The first-order valence-electron chi connectivity index (χ1n) is 4.67. The highest BCUT2D eigenvalue weighted by atomic mass is 79.9. The zero-order valence-electron chi connectivity index (χ0n) is 8.66. The Balaban J connectivity index is 2.59. The Kier molecular flexibility index (Phi) is 2.52. The molecule has 2 N–H and O–H groups in total. The molecule has 0 aliphatic heterocycles. The number of hydrogen-bond acceptors (Lipinski definition) is 2. The molecule has 1 heterocycles. The van der Waals surface area contributed by atoms with Crippen molar-refractivity contribution in [3.8, 4) is 5.69 Å². The number of nitrogens with two attached hydrogens (primary N) is 1. The van der Waals surface area contributed by atoms with Crippen LogP contribution in [0.4, 0.5) is 5.82 Å². The quantitative estimate of drug-likeness (QED) is 0.862. The topological polar surface area (TPSA) is 43.8 Å². The number of nitrogens with zero attached hydrogens (tertiary/aromatic N) is 2. The van der Waals surface area contributed by atoms with Gasteiger partial charge in [0, 0.05) is 0 Å². The van der Waals surface area contributed by atoms with Crippen LogP contribution in [0.5, 0.6) is 0 Å². The minimum Gasteiger partial charge on any atom is -0.383 e. The summed E-state index contributed by atoms with van der Waals surface area (Å²) < 4.78 is 2.61. The lowest BCUT2D eigenvalue weighted by molar-refractivity contribution is 0.871. The van der Waals surface area contributed by atoms with Crippen LogP contribution in [0, 0.1) is 13.8 Å². The van der Waals surface area contributed by atoms with Gasteiger partial charge in [-0.1, -0.05) is 12.1 Å². The molecule has 2 aromatic rings. The Labute approximate surface area is 97.0 Å². The van der Waals surface area contributed by atoms with Crippen molar-refractivity contribution in [1.29, 1.82) is 0 Å². The number of aryl methyl sites for hydroxylation is 2. The standard InChI is InChI=1S/C11H12BrN3/c1-7-4-3-5-9(6-7)15-11(13)10(12)8(2)14-15/h3-6H,13H2,1-2H3. The Morgan fingerprint density at radius 3 is 2.60 bits per heavy atom. The third-order valence-electron chi connectivity index (χ3n) is 2.27. The van der Waals surface area contributed by atoms with Crippen molar-refractivity contribution in [2.45, 2.75) is 13.8 Å². The van der Waals surface area contributed by atoms with E-state index in [-0.39, 0.29) is 0 Å². The maximum Gasteiger partial charge on any atom is 0.141 e. The van der Waals surface area contributed by atoms with E-state index in [0.29, 0.717) is 5.82 Å². The van der Waals surface area contributed by atoms with Gasteiger partial charge in [-0.3, -0.25) is 0 Å². The summed E-state index contributed by atoms with van der Waals surface area (Å²) in [6.07, 6.45) is 0. The number of benzene rings is 1. The maximum absolute atomic E-state index is 5.94. The van der Waals surface area contributed by atoms with E-state index >= 15 is 0 Å². The number of halogens is 1. The second-order valence-electron chi connectivity index (χ2n) is 3.54. The molecule has 4 heteroatoms. The van der Waals surface area contributed by atoms with Crippen LogP contribution in [0.1, 0.15) is 11.3 Å². The van der Waals surface area contributed by atoms with Gasteiger partial charge in [0.25, 0.3) is 0 Å². The number of anilines is 1. The van der Waals surface area contributed by atoms with Crippen molar-refractivity contribution in [3.05, 3.63) is 40.0 Å². The van der Waals surface area contributed by atoms with Crippen LogP contribution in [-0.2, 0) is 0 Å². The Bertz CT molecular complexity index is 503. The van der Waals surface area contributed by atoms with Crippen LogP contribution in [0.2, 0.25) is 0 Å². The molecule has 0 atom stereocenters. The first kappa shape index (κ1) is 10.2. The number of nitrogen functional groups attached to an aromatic ring is 1. The van der Waals surface area contributed by atoms with E-state index in [2.05, 4.69) is 27.1 Å². The van der Waals surface area contributed by atoms with E-state index in [4.69, 9.17) is 5.73 Å².